The largest absolute Gasteiger partial charge is 0.456 e. The van der Waals surface area contributed by atoms with Crippen molar-refractivity contribution in [2.45, 2.75) is 36.0 Å². The van der Waals surface area contributed by atoms with E-state index in [0.717, 1.165) is 17.4 Å². The molecule has 1 heterocycles. The van der Waals surface area contributed by atoms with Crippen molar-refractivity contribution in [3.8, 4) is 0 Å². The van der Waals surface area contributed by atoms with Gasteiger partial charge in [0, 0.05) is 27.4 Å². The number of carbonyl (C=O) groups is 4. The minimum Gasteiger partial charge on any atom is -0.456 e. The number of non-ortho nitro benzene ring substituents is 1. The molecule has 3 fully saturated rings. The Labute approximate surface area is 206 Å². The van der Waals surface area contributed by atoms with Crippen LogP contribution in [0.25, 0.3) is 0 Å². The summed E-state index contributed by atoms with van der Waals surface area (Å²) < 4.78 is 5.20. The van der Waals surface area contributed by atoms with Crippen molar-refractivity contribution in [1.29, 1.82) is 0 Å². The maximum Gasteiger partial charge on any atom is 0.330 e. The molecule has 11 heteroatoms. The Kier molecular flexibility index (Phi) is 6.47. The molecule has 2 bridgehead atoms. The summed E-state index contributed by atoms with van der Waals surface area (Å²) in [6, 6.07) is 3.97. The zero-order valence-electron chi connectivity index (χ0n) is 17.9. The van der Waals surface area contributed by atoms with E-state index in [4.69, 9.17) is 4.74 Å². The second-order valence-electron chi connectivity index (χ2n) is 9.08. The number of likely N-dealkylation sites (tertiary alicyclic amines) is 1. The molecule has 9 nitrogen and oxygen atoms in total. The van der Waals surface area contributed by atoms with Gasteiger partial charge in [-0.05, 0) is 24.2 Å². The van der Waals surface area contributed by atoms with Gasteiger partial charge in [0.15, 0.2) is 6.61 Å². The molecule has 3 aliphatic rings. The van der Waals surface area contributed by atoms with Crippen LogP contribution < -0.4 is 0 Å². The number of Topliss-reactive ketones (excluding diaryl/α,β-unsaturated/α-hetero) is 1. The Bertz CT molecular complexity index is 1010. The fourth-order valence-electron chi connectivity index (χ4n) is 5.42. The third-order valence-electron chi connectivity index (χ3n) is 6.90. The molecule has 0 unspecified atom stereocenters. The summed E-state index contributed by atoms with van der Waals surface area (Å²) in [5.41, 5.74) is -0.221. The summed E-state index contributed by atoms with van der Waals surface area (Å²) in [5, 5.41) is 10.9. The molecule has 33 heavy (non-hydrogen) atoms. The van der Waals surface area contributed by atoms with Gasteiger partial charge in [-0.1, -0.05) is 57.8 Å². The Morgan fingerprint density at radius 3 is 2.24 bits per heavy atom. The van der Waals surface area contributed by atoms with E-state index in [-0.39, 0.29) is 44.6 Å². The highest BCUT2D eigenvalue weighted by Gasteiger charge is 2.67. The van der Waals surface area contributed by atoms with Gasteiger partial charge in [0.1, 0.15) is 6.04 Å². The maximum absolute atomic E-state index is 13.3. The molecule has 2 aliphatic carbocycles. The number of nitrogens with zero attached hydrogens (tertiary/aromatic N) is 2. The second-order valence-corrected chi connectivity index (χ2v) is 11.2. The van der Waals surface area contributed by atoms with Crippen LogP contribution in [0.4, 0.5) is 5.69 Å². The molecular weight excluding hydrogens is 564 g/mol. The summed E-state index contributed by atoms with van der Waals surface area (Å²) in [4.78, 5) is 63.5. The van der Waals surface area contributed by atoms with Crippen molar-refractivity contribution in [1.82, 2.24) is 4.90 Å². The minimum absolute atomic E-state index is 0.0186. The monoisotopic (exact) mass is 584 g/mol. The van der Waals surface area contributed by atoms with E-state index >= 15 is 0 Å². The lowest BCUT2D eigenvalue weighted by Crippen LogP contribution is -2.50. The van der Waals surface area contributed by atoms with Gasteiger partial charge >= 0.3 is 5.97 Å². The number of imide groups is 1. The molecule has 2 saturated carbocycles. The molecule has 0 N–H and O–H groups in total. The number of esters is 1. The first kappa shape index (κ1) is 24.0. The lowest BCUT2D eigenvalue weighted by molar-refractivity contribution is -0.384. The van der Waals surface area contributed by atoms with Crippen LogP contribution in [0.2, 0.25) is 0 Å². The number of nitro groups is 1. The number of hydrogen-bond donors (Lipinski definition) is 0. The first-order valence-corrected chi connectivity index (χ1v) is 12.5. The van der Waals surface area contributed by atoms with Crippen LogP contribution in [0.3, 0.4) is 0 Å². The zero-order valence-corrected chi connectivity index (χ0v) is 21.0. The molecule has 1 aromatic carbocycles. The summed E-state index contributed by atoms with van der Waals surface area (Å²) >= 11 is 7.27. The molecule has 1 aliphatic heterocycles. The predicted octanol–water partition coefficient (Wildman–Crippen LogP) is 3.12. The number of fused-ring (bicyclic) bond motifs is 5. The lowest BCUT2D eigenvalue weighted by Gasteiger charge is -2.28. The number of nitro benzene ring substituents is 1. The van der Waals surface area contributed by atoms with E-state index in [1.165, 1.54) is 18.2 Å². The topological polar surface area (TPSA) is 124 Å². The molecule has 176 valence electrons. The maximum atomic E-state index is 13.3. The second kappa shape index (κ2) is 8.90. The number of rotatable bonds is 7. The summed E-state index contributed by atoms with van der Waals surface area (Å²) in [6.45, 7) is 2.76. The standard InChI is InChI=1S/C22H22Br2N2O7/c1-9(2)19(22(30)33-8-14(27)10-4-3-5-11(6-10)26(31)32)25-20(28)15-12-7-13(16(15)21(25)29)18(24)17(12)23/h3-6,9,12-13,15-19H,7-8H2,1-2H3/t12-,13-,15-,16+,17-,18+,19-/m1/s1. The zero-order chi connectivity index (χ0) is 24.2. The first-order chi connectivity index (χ1) is 15.5. The Morgan fingerprint density at radius 2 is 1.73 bits per heavy atom. The van der Waals surface area contributed by atoms with E-state index < -0.39 is 47.1 Å². The van der Waals surface area contributed by atoms with E-state index in [1.807, 2.05) is 0 Å². The number of benzene rings is 1. The molecule has 7 atom stereocenters. The first-order valence-electron chi connectivity index (χ1n) is 10.6. The van der Waals surface area contributed by atoms with Gasteiger partial charge in [-0.2, -0.15) is 0 Å². The number of alkyl halides is 2. The number of halogens is 2. The molecule has 0 aromatic heterocycles. The lowest BCUT2D eigenvalue weighted by atomic mass is 9.81. The molecule has 1 saturated heterocycles. The van der Waals surface area contributed by atoms with Gasteiger partial charge in [0.2, 0.25) is 17.6 Å². The number of amides is 2. The van der Waals surface area contributed by atoms with E-state index in [2.05, 4.69) is 31.9 Å². The molecule has 0 radical (unpaired) electrons. The normalized spacial score (nSPS) is 31.1. The van der Waals surface area contributed by atoms with Crippen molar-refractivity contribution in [3.63, 3.8) is 0 Å². The molecule has 4 rings (SSSR count). The van der Waals surface area contributed by atoms with Crippen LogP contribution in [-0.2, 0) is 19.1 Å². The van der Waals surface area contributed by atoms with Gasteiger partial charge in [-0.25, -0.2) is 4.79 Å². The van der Waals surface area contributed by atoms with Gasteiger partial charge in [0.05, 0.1) is 16.8 Å². The summed E-state index contributed by atoms with van der Waals surface area (Å²) in [6.07, 6.45) is 0.779. The highest BCUT2D eigenvalue weighted by molar-refractivity contribution is 9.12. The highest BCUT2D eigenvalue weighted by atomic mass is 79.9. The third kappa shape index (κ3) is 3.92. The van der Waals surface area contributed by atoms with Crippen LogP contribution in [0.5, 0.6) is 0 Å². The van der Waals surface area contributed by atoms with Gasteiger partial charge in [-0.3, -0.25) is 29.4 Å². The van der Waals surface area contributed by atoms with Crippen LogP contribution in [0, 0.1) is 39.7 Å². The van der Waals surface area contributed by atoms with Crippen molar-refractivity contribution in [2.24, 2.45) is 29.6 Å². The summed E-state index contributed by atoms with van der Waals surface area (Å²) in [7, 11) is 0. The highest BCUT2D eigenvalue weighted by Crippen LogP contribution is 2.60. The van der Waals surface area contributed by atoms with Crippen molar-refractivity contribution in [3.05, 3.63) is 39.9 Å². The van der Waals surface area contributed by atoms with E-state index in [0.29, 0.717) is 0 Å². The fraction of sp³-hybridized carbons (Fsp3) is 0.545. The smallest absolute Gasteiger partial charge is 0.330 e. The van der Waals surface area contributed by atoms with Crippen molar-refractivity contribution in [2.75, 3.05) is 6.61 Å². The fourth-order valence-corrected chi connectivity index (χ4v) is 7.29. The van der Waals surface area contributed by atoms with Crippen LogP contribution in [0.15, 0.2) is 24.3 Å². The molecule has 0 spiro atoms. The van der Waals surface area contributed by atoms with Crippen LogP contribution in [-0.4, -0.2) is 55.7 Å². The average Bonchev–Trinajstić information content (AvgIpc) is 3.38. The average molecular weight is 586 g/mol. The van der Waals surface area contributed by atoms with Crippen molar-refractivity contribution < 1.29 is 28.8 Å². The van der Waals surface area contributed by atoms with Gasteiger partial charge in [0.25, 0.3) is 5.69 Å². The SMILES string of the molecule is CC(C)[C@H](C(=O)OCC(=O)c1cccc([N+](=O)[O-])c1)N1C(=O)[C@@H]2[C@H]3C[C@@H]([C@H](Br)[C@@H]3Br)[C@@H]2C1=O. The summed E-state index contributed by atoms with van der Waals surface area (Å²) in [5.74, 6) is -3.48. The van der Waals surface area contributed by atoms with Crippen LogP contribution in [0.1, 0.15) is 30.6 Å². The molecule has 2 amide bonds. The Hall–Kier alpha value is -2.14. The van der Waals surface area contributed by atoms with Crippen molar-refractivity contribution >= 4 is 61.1 Å². The Balaban J connectivity index is 1.49. The number of hydrogen-bond acceptors (Lipinski definition) is 7. The number of carbonyl (C=O) groups excluding carboxylic acids is 4. The minimum atomic E-state index is -1.14. The quantitative estimate of drug-likeness (QED) is 0.120. The van der Waals surface area contributed by atoms with Gasteiger partial charge in [-0.15, -0.1) is 0 Å². The number of ketones is 1. The third-order valence-corrected chi connectivity index (χ3v) is 10.1. The molecular formula is C22H22Br2N2O7. The number of ether oxygens (including phenoxy) is 1. The van der Waals surface area contributed by atoms with Gasteiger partial charge < -0.3 is 4.74 Å². The van der Waals surface area contributed by atoms with E-state index in [1.54, 1.807) is 13.8 Å². The Morgan fingerprint density at radius 1 is 1.15 bits per heavy atom. The molecule has 1 aromatic rings. The predicted molar refractivity (Wildman–Crippen MR) is 123 cm³/mol. The van der Waals surface area contributed by atoms with Crippen LogP contribution >= 0.6 is 31.9 Å². The van der Waals surface area contributed by atoms with E-state index in [9.17, 15) is 29.3 Å².